The van der Waals surface area contributed by atoms with Crippen LogP contribution in [0.4, 0.5) is 0 Å². The SMILES string of the molecule is C=CCC(C#N)(C(=O)O)c1ccccn1. The van der Waals surface area contributed by atoms with Crippen LogP contribution in [0.1, 0.15) is 12.1 Å². The monoisotopic (exact) mass is 202 g/mol. The van der Waals surface area contributed by atoms with Gasteiger partial charge in [-0.2, -0.15) is 5.26 Å². The summed E-state index contributed by atoms with van der Waals surface area (Å²) in [5, 5.41) is 18.1. The first kappa shape index (κ1) is 10.9. The maximum atomic E-state index is 11.1. The van der Waals surface area contributed by atoms with Gasteiger partial charge in [0.2, 0.25) is 0 Å². The van der Waals surface area contributed by atoms with Gasteiger partial charge in [-0.1, -0.05) is 12.1 Å². The lowest BCUT2D eigenvalue weighted by Crippen LogP contribution is -2.34. The van der Waals surface area contributed by atoms with Crippen molar-refractivity contribution in [2.75, 3.05) is 0 Å². The van der Waals surface area contributed by atoms with Gasteiger partial charge in [0.1, 0.15) is 0 Å². The molecular formula is C11H10N2O2. The number of nitrogens with zero attached hydrogens (tertiary/aromatic N) is 2. The Morgan fingerprint density at radius 3 is 2.87 bits per heavy atom. The molecule has 15 heavy (non-hydrogen) atoms. The first-order valence-corrected chi connectivity index (χ1v) is 4.34. The Balaban J connectivity index is 3.29. The number of aliphatic carboxylic acids is 1. The van der Waals surface area contributed by atoms with E-state index >= 15 is 0 Å². The summed E-state index contributed by atoms with van der Waals surface area (Å²) < 4.78 is 0. The highest BCUT2D eigenvalue weighted by atomic mass is 16.4. The second-order valence-corrected chi connectivity index (χ2v) is 3.03. The summed E-state index contributed by atoms with van der Waals surface area (Å²) in [5.41, 5.74) is -1.39. The van der Waals surface area contributed by atoms with E-state index in [4.69, 9.17) is 10.4 Å². The fourth-order valence-electron chi connectivity index (χ4n) is 1.28. The van der Waals surface area contributed by atoms with Crippen LogP contribution in [0, 0.1) is 11.3 Å². The van der Waals surface area contributed by atoms with Crippen molar-refractivity contribution in [3.63, 3.8) is 0 Å². The van der Waals surface area contributed by atoms with E-state index in [0.717, 1.165) is 0 Å². The van der Waals surface area contributed by atoms with Crippen LogP contribution in [0.25, 0.3) is 0 Å². The topological polar surface area (TPSA) is 74.0 Å². The molecule has 0 amide bonds. The summed E-state index contributed by atoms with van der Waals surface area (Å²) in [6.07, 6.45) is 2.91. The minimum Gasteiger partial charge on any atom is -0.480 e. The van der Waals surface area contributed by atoms with Gasteiger partial charge in [-0.25, -0.2) is 0 Å². The van der Waals surface area contributed by atoms with Gasteiger partial charge in [-0.3, -0.25) is 9.78 Å². The van der Waals surface area contributed by atoms with E-state index in [0.29, 0.717) is 0 Å². The Bertz CT molecular complexity index is 408. The molecule has 0 saturated heterocycles. The van der Waals surface area contributed by atoms with Crippen LogP contribution >= 0.6 is 0 Å². The molecule has 1 unspecified atom stereocenters. The number of rotatable bonds is 4. The molecule has 0 aliphatic carbocycles. The molecular weight excluding hydrogens is 192 g/mol. The third kappa shape index (κ3) is 1.86. The number of allylic oxidation sites excluding steroid dienone is 1. The molecule has 0 fully saturated rings. The van der Waals surface area contributed by atoms with Crippen LogP contribution in [-0.4, -0.2) is 16.1 Å². The lowest BCUT2D eigenvalue weighted by molar-refractivity contribution is -0.141. The third-order valence-corrected chi connectivity index (χ3v) is 2.11. The van der Waals surface area contributed by atoms with Crippen LogP contribution in [0.3, 0.4) is 0 Å². The minimum atomic E-state index is -1.62. The average Bonchev–Trinajstić information content (AvgIpc) is 2.26. The molecule has 0 spiro atoms. The highest BCUT2D eigenvalue weighted by Gasteiger charge is 2.41. The molecule has 4 heteroatoms. The molecule has 1 heterocycles. The second-order valence-electron chi connectivity index (χ2n) is 3.03. The standard InChI is InChI=1S/C11H10N2O2/c1-2-6-11(8-12,10(14)15)9-5-3-4-7-13-9/h2-5,7H,1,6H2,(H,14,15). The zero-order chi connectivity index (χ0) is 11.3. The van der Waals surface area contributed by atoms with Crippen molar-refractivity contribution < 1.29 is 9.90 Å². The zero-order valence-corrected chi connectivity index (χ0v) is 8.05. The second kappa shape index (κ2) is 4.38. The van der Waals surface area contributed by atoms with E-state index in [1.807, 2.05) is 0 Å². The number of nitriles is 1. The van der Waals surface area contributed by atoms with Gasteiger partial charge < -0.3 is 5.11 Å². The van der Waals surface area contributed by atoms with E-state index in [1.54, 1.807) is 18.2 Å². The molecule has 0 bridgehead atoms. The fraction of sp³-hybridized carbons (Fsp3) is 0.182. The van der Waals surface area contributed by atoms with E-state index in [2.05, 4.69) is 11.6 Å². The number of aromatic nitrogens is 1. The molecule has 1 atom stereocenters. The minimum absolute atomic E-state index is 0.0375. The maximum absolute atomic E-state index is 11.1. The van der Waals surface area contributed by atoms with Crippen molar-refractivity contribution in [1.29, 1.82) is 5.26 Å². The Kier molecular flexibility index (Phi) is 3.19. The molecule has 76 valence electrons. The molecule has 0 saturated carbocycles. The molecule has 1 aromatic rings. The van der Waals surface area contributed by atoms with E-state index in [1.165, 1.54) is 18.3 Å². The summed E-state index contributed by atoms with van der Waals surface area (Å²) in [6, 6.07) is 6.65. The Hall–Kier alpha value is -2.15. The molecule has 1 rings (SSSR count). The summed E-state index contributed by atoms with van der Waals surface area (Å²) in [7, 11) is 0. The van der Waals surface area contributed by atoms with Gasteiger partial charge in [-0.15, -0.1) is 6.58 Å². The van der Waals surface area contributed by atoms with Gasteiger partial charge in [0, 0.05) is 12.6 Å². The van der Waals surface area contributed by atoms with Gasteiger partial charge >= 0.3 is 5.97 Å². The lowest BCUT2D eigenvalue weighted by Gasteiger charge is -2.18. The quantitative estimate of drug-likeness (QED) is 0.751. The number of carboxylic acid groups (broad SMARTS) is 1. The Morgan fingerprint density at radius 1 is 1.73 bits per heavy atom. The van der Waals surface area contributed by atoms with Gasteiger partial charge in [-0.05, 0) is 12.1 Å². The van der Waals surface area contributed by atoms with Crippen LogP contribution in [0.2, 0.25) is 0 Å². The lowest BCUT2D eigenvalue weighted by atomic mass is 9.82. The largest absolute Gasteiger partial charge is 0.480 e. The molecule has 1 aromatic heterocycles. The Labute approximate surface area is 87.5 Å². The van der Waals surface area contributed by atoms with Crippen molar-refractivity contribution in [2.45, 2.75) is 11.8 Å². The first-order valence-electron chi connectivity index (χ1n) is 4.34. The predicted octanol–water partition coefficient (Wildman–Crippen LogP) is 1.50. The predicted molar refractivity (Wildman–Crippen MR) is 54.0 cm³/mol. The van der Waals surface area contributed by atoms with Gasteiger partial charge in [0.05, 0.1) is 11.8 Å². The molecule has 1 N–H and O–H groups in total. The van der Waals surface area contributed by atoms with Crippen LogP contribution in [0.15, 0.2) is 37.1 Å². The van der Waals surface area contributed by atoms with Gasteiger partial charge in [0.25, 0.3) is 0 Å². The molecule has 0 radical (unpaired) electrons. The highest BCUT2D eigenvalue weighted by molar-refractivity contribution is 5.84. The zero-order valence-electron chi connectivity index (χ0n) is 8.05. The number of carboxylic acids is 1. The molecule has 4 nitrogen and oxygen atoms in total. The van der Waals surface area contributed by atoms with Crippen molar-refractivity contribution in [2.24, 2.45) is 0 Å². The first-order chi connectivity index (χ1) is 7.17. The van der Waals surface area contributed by atoms with Crippen LogP contribution < -0.4 is 0 Å². The average molecular weight is 202 g/mol. The van der Waals surface area contributed by atoms with E-state index < -0.39 is 11.4 Å². The van der Waals surface area contributed by atoms with Gasteiger partial charge in [0.15, 0.2) is 5.41 Å². The fourth-order valence-corrected chi connectivity index (χ4v) is 1.28. The number of carbonyl (C=O) groups is 1. The van der Waals surface area contributed by atoms with Crippen molar-refractivity contribution in [3.8, 4) is 6.07 Å². The Morgan fingerprint density at radius 2 is 2.47 bits per heavy atom. The van der Waals surface area contributed by atoms with Crippen LogP contribution in [0.5, 0.6) is 0 Å². The number of hydrogen-bond acceptors (Lipinski definition) is 3. The highest BCUT2D eigenvalue weighted by Crippen LogP contribution is 2.26. The van der Waals surface area contributed by atoms with E-state index in [9.17, 15) is 4.79 Å². The van der Waals surface area contributed by atoms with Crippen LogP contribution in [-0.2, 0) is 10.2 Å². The molecule has 0 aliphatic heterocycles. The van der Waals surface area contributed by atoms with E-state index in [-0.39, 0.29) is 12.1 Å². The maximum Gasteiger partial charge on any atom is 0.330 e. The van der Waals surface area contributed by atoms with Crippen molar-refractivity contribution in [3.05, 3.63) is 42.7 Å². The normalized spacial score (nSPS) is 13.5. The third-order valence-electron chi connectivity index (χ3n) is 2.11. The summed E-state index contributed by atoms with van der Waals surface area (Å²) >= 11 is 0. The smallest absolute Gasteiger partial charge is 0.330 e. The number of pyridine rings is 1. The van der Waals surface area contributed by atoms with Crippen molar-refractivity contribution >= 4 is 5.97 Å². The summed E-state index contributed by atoms with van der Waals surface area (Å²) in [5.74, 6) is -1.20. The summed E-state index contributed by atoms with van der Waals surface area (Å²) in [4.78, 5) is 15.0. The molecule has 0 aliphatic rings. The number of hydrogen-bond donors (Lipinski definition) is 1. The summed E-state index contributed by atoms with van der Waals surface area (Å²) in [6.45, 7) is 3.46. The molecule has 0 aromatic carbocycles. The van der Waals surface area contributed by atoms with Crippen molar-refractivity contribution in [1.82, 2.24) is 4.98 Å².